The summed E-state index contributed by atoms with van der Waals surface area (Å²) in [5.41, 5.74) is 6.56. The quantitative estimate of drug-likeness (QED) is 0.736. The van der Waals surface area contributed by atoms with Gasteiger partial charge in [0.05, 0.1) is 17.4 Å². The molecule has 3 aliphatic rings. The Bertz CT molecular complexity index is 992. The highest BCUT2D eigenvalue weighted by atomic mass is 19.4. The molecule has 2 aliphatic carbocycles. The molecule has 1 aliphatic heterocycles. The molecule has 2 saturated carbocycles. The van der Waals surface area contributed by atoms with Crippen LogP contribution in [0.3, 0.4) is 0 Å². The maximum atomic E-state index is 13.3. The van der Waals surface area contributed by atoms with Crippen molar-refractivity contribution in [1.29, 1.82) is 0 Å². The molecule has 0 bridgehead atoms. The molecule has 2 N–H and O–H groups in total. The Hall–Kier alpha value is -2.13. The Kier molecular flexibility index (Phi) is 5.24. The van der Waals surface area contributed by atoms with E-state index in [9.17, 15) is 13.2 Å². The van der Waals surface area contributed by atoms with E-state index in [1.54, 1.807) is 7.11 Å². The van der Waals surface area contributed by atoms with Crippen LogP contribution in [0.1, 0.15) is 56.3 Å². The van der Waals surface area contributed by atoms with E-state index in [0.717, 1.165) is 31.3 Å². The predicted molar refractivity (Wildman–Crippen MR) is 115 cm³/mol. The molecule has 1 saturated heterocycles. The average Bonchev–Trinajstić information content (AvgIpc) is 3.22. The number of hydrogen-bond acceptors (Lipinski definition) is 5. The van der Waals surface area contributed by atoms with Crippen molar-refractivity contribution < 1.29 is 17.9 Å². The second kappa shape index (κ2) is 7.73. The van der Waals surface area contributed by atoms with Crippen molar-refractivity contribution in [3.63, 3.8) is 0 Å². The highest BCUT2D eigenvalue weighted by molar-refractivity contribution is 5.63. The summed E-state index contributed by atoms with van der Waals surface area (Å²) < 4.78 is 47.4. The first-order valence-electron chi connectivity index (χ1n) is 11.4. The van der Waals surface area contributed by atoms with Crippen molar-refractivity contribution in [2.45, 2.75) is 63.4 Å². The maximum absolute atomic E-state index is 13.3. The molecule has 2 aromatic rings. The molecule has 5 atom stereocenters. The number of ether oxygens (including phenoxy) is 1. The Morgan fingerprint density at radius 2 is 1.91 bits per heavy atom. The zero-order valence-corrected chi connectivity index (χ0v) is 18.6. The van der Waals surface area contributed by atoms with Gasteiger partial charge in [-0.15, -0.1) is 0 Å². The van der Waals surface area contributed by atoms with Crippen molar-refractivity contribution in [2.75, 3.05) is 25.9 Å². The van der Waals surface area contributed by atoms with Crippen LogP contribution in [-0.2, 0) is 10.9 Å². The number of hydrogen-bond donors (Lipinski definition) is 1. The molecule has 6 nitrogen and oxygen atoms in total. The van der Waals surface area contributed by atoms with Crippen LogP contribution >= 0.6 is 0 Å². The lowest BCUT2D eigenvalue weighted by Crippen LogP contribution is -2.33. The predicted octanol–water partition coefficient (Wildman–Crippen LogP) is 4.34. The van der Waals surface area contributed by atoms with Gasteiger partial charge in [-0.2, -0.15) is 18.3 Å². The minimum Gasteiger partial charge on any atom is -0.383 e. The molecule has 0 unspecified atom stereocenters. The van der Waals surface area contributed by atoms with E-state index in [4.69, 9.17) is 10.5 Å². The Morgan fingerprint density at radius 1 is 1.19 bits per heavy atom. The van der Waals surface area contributed by atoms with Crippen LogP contribution in [0.2, 0.25) is 0 Å². The van der Waals surface area contributed by atoms with Gasteiger partial charge < -0.3 is 10.5 Å². The van der Waals surface area contributed by atoms with Gasteiger partial charge in [-0.05, 0) is 57.1 Å². The number of nitrogens with zero attached hydrogens (tertiary/aromatic N) is 4. The smallest absolute Gasteiger partial charge is 0.383 e. The number of likely N-dealkylation sites (tertiary alicyclic amines) is 1. The van der Waals surface area contributed by atoms with E-state index in [1.165, 1.54) is 19.0 Å². The molecule has 0 aromatic carbocycles. The lowest BCUT2D eigenvalue weighted by atomic mass is 10.0. The summed E-state index contributed by atoms with van der Waals surface area (Å²) in [6.45, 7) is 6.23. The molecule has 2 aromatic heterocycles. The first kappa shape index (κ1) is 21.7. The van der Waals surface area contributed by atoms with Gasteiger partial charge in [0.15, 0.2) is 0 Å². The molecule has 0 spiro atoms. The summed E-state index contributed by atoms with van der Waals surface area (Å²) in [6.07, 6.45) is 0.632. The molecule has 3 fully saturated rings. The molecule has 174 valence electrons. The monoisotopic (exact) mass is 449 g/mol. The van der Waals surface area contributed by atoms with Crippen LogP contribution in [0, 0.1) is 11.8 Å². The van der Waals surface area contributed by atoms with E-state index >= 15 is 0 Å². The third-order valence-electron chi connectivity index (χ3n) is 7.56. The second-order valence-corrected chi connectivity index (χ2v) is 9.77. The van der Waals surface area contributed by atoms with Crippen LogP contribution in [0.25, 0.3) is 11.3 Å². The molecule has 9 heteroatoms. The normalized spacial score (nSPS) is 30.3. The fourth-order valence-corrected chi connectivity index (χ4v) is 5.88. The van der Waals surface area contributed by atoms with Crippen LogP contribution < -0.4 is 5.73 Å². The zero-order valence-electron chi connectivity index (χ0n) is 18.6. The molecular weight excluding hydrogens is 419 g/mol. The molecule has 32 heavy (non-hydrogen) atoms. The number of pyridine rings is 1. The minimum atomic E-state index is -4.55. The van der Waals surface area contributed by atoms with E-state index in [-0.39, 0.29) is 6.04 Å². The number of halogens is 3. The van der Waals surface area contributed by atoms with Crippen molar-refractivity contribution in [1.82, 2.24) is 19.7 Å². The summed E-state index contributed by atoms with van der Waals surface area (Å²) in [6, 6.07) is 3.76. The lowest BCUT2D eigenvalue weighted by Gasteiger charge is -2.26. The second-order valence-electron chi connectivity index (χ2n) is 9.77. The van der Waals surface area contributed by atoms with Crippen molar-refractivity contribution in [3.8, 4) is 11.3 Å². The van der Waals surface area contributed by atoms with Gasteiger partial charge in [-0.1, -0.05) is 0 Å². The van der Waals surface area contributed by atoms with Gasteiger partial charge in [0.1, 0.15) is 5.82 Å². The number of alkyl halides is 3. The number of anilines is 1. The first-order chi connectivity index (χ1) is 15.2. The largest absolute Gasteiger partial charge is 0.419 e. The summed E-state index contributed by atoms with van der Waals surface area (Å²) in [4.78, 5) is 6.35. The first-order valence-corrected chi connectivity index (χ1v) is 11.4. The summed E-state index contributed by atoms with van der Waals surface area (Å²) >= 11 is 0. The van der Waals surface area contributed by atoms with E-state index in [1.807, 2.05) is 10.7 Å². The molecular formula is C23H30F3N5O. The number of rotatable bonds is 5. The lowest BCUT2D eigenvalue weighted by molar-refractivity contribution is -0.137. The fraction of sp³-hybridized carbons (Fsp3) is 0.652. The number of methoxy groups -OCH3 is 1. The van der Waals surface area contributed by atoms with Gasteiger partial charge in [0.2, 0.25) is 0 Å². The fourth-order valence-electron chi connectivity index (χ4n) is 5.88. The minimum absolute atomic E-state index is 0.126. The molecule has 3 heterocycles. The average molecular weight is 450 g/mol. The summed E-state index contributed by atoms with van der Waals surface area (Å²) in [7, 11) is 1.79. The molecule has 5 rings (SSSR count). The Morgan fingerprint density at radius 3 is 2.50 bits per heavy atom. The van der Waals surface area contributed by atoms with Gasteiger partial charge in [0, 0.05) is 55.7 Å². The van der Waals surface area contributed by atoms with Crippen molar-refractivity contribution >= 4 is 5.82 Å². The van der Waals surface area contributed by atoms with E-state index < -0.39 is 17.6 Å². The highest BCUT2D eigenvalue weighted by Gasteiger charge is 2.59. The number of nitrogen functional groups attached to an aromatic ring is 1. The standard InChI is InChI=1S/C23H30F3N5O/c1-12(2)31-20(9-19(29-31)13-6-18(23(24,25)26)22(27)28-10-13)21-16-7-14(8-17(16)21)30-5-4-15(11-30)32-3/h6,9-10,12,14-17,21H,4-5,7-8,11H2,1-3H3,(H2,27,28)/t14-,15-,16-,17+,21+/m0/s1. The topological polar surface area (TPSA) is 69.2 Å². The van der Waals surface area contributed by atoms with Gasteiger partial charge in [0.25, 0.3) is 0 Å². The summed E-state index contributed by atoms with van der Waals surface area (Å²) in [5.74, 6) is 1.17. The zero-order chi connectivity index (χ0) is 22.8. The van der Waals surface area contributed by atoms with E-state index in [2.05, 4.69) is 28.8 Å². The summed E-state index contributed by atoms with van der Waals surface area (Å²) in [5, 5.41) is 4.68. The number of nitrogens with two attached hydrogens (primary N) is 1. The van der Waals surface area contributed by atoms with E-state index in [0.29, 0.717) is 41.2 Å². The molecule has 0 amide bonds. The van der Waals surface area contributed by atoms with Crippen LogP contribution in [0.5, 0.6) is 0 Å². The van der Waals surface area contributed by atoms with Crippen molar-refractivity contribution in [2.24, 2.45) is 11.8 Å². The van der Waals surface area contributed by atoms with Gasteiger partial charge in [-0.25, -0.2) is 4.98 Å². The third kappa shape index (κ3) is 3.69. The highest BCUT2D eigenvalue weighted by Crippen LogP contribution is 2.64. The van der Waals surface area contributed by atoms with Crippen LogP contribution in [0.15, 0.2) is 18.3 Å². The van der Waals surface area contributed by atoms with Crippen LogP contribution in [0.4, 0.5) is 19.0 Å². The number of fused-ring (bicyclic) bond motifs is 1. The number of aromatic nitrogens is 3. The Labute approximate surface area is 185 Å². The van der Waals surface area contributed by atoms with Crippen molar-refractivity contribution in [3.05, 3.63) is 29.6 Å². The Balaban J connectivity index is 1.36. The van der Waals surface area contributed by atoms with Crippen LogP contribution in [-0.4, -0.2) is 52.0 Å². The maximum Gasteiger partial charge on any atom is 0.419 e. The third-order valence-corrected chi connectivity index (χ3v) is 7.56. The molecule has 0 radical (unpaired) electrons. The van der Waals surface area contributed by atoms with Gasteiger partial charge >= 0.3 is 6.18 Å². The van der Waals surface area contributed by atoms with Gasteiger partial charge in [-0.3, -0.25) is 9.58 Å². The SMILES string of the molecule is CO[C@H]1CCN([C@@H]2C[C@@H]3[C@H](C2)[C@H]3c2cc(-c3cnc(N)c(C(F)(F)F)c3)nn2C(C)C)C1.